The molecule has 0 radical (unpaired) electrons. The molecule has 53 heavy (non-hydrogen) atoms. The number of aromatic nitrogens is 3. The number of nitrogens with two attached hydrogens (primary N) is 3. The summed E-state index contributed by atoms with van der Waals surface area (Å²) in [5.41, 5.74) is 18.1. The quantitative estimate of drug-likeness (QED) is 0.0551. The lowest BCUT2D eigenvalue weighted by atomic mass is 10.1. The van der Waals surface area contributed by atoms with Crippen molar-refractivity contribution in [1.29, 1.82) is 0 Å². The van der Waals surface area contributed by atoms with Crippen molar-refractivity contribution in [3.63, 3.8) is 0 Å². The van der Waals surface area contributed by atoms with Crippen LogP contribution in [0.1, 0.15) is 21.7 Å². The second kappa shape index (κ2) is 16.5. The normalized spacial score (nSPS) is 10.7. The van der Waals surface area contributed by atoms with Gasteiger partial charge in [-0.2, -0.15) is 13.2 Å². The number of halogens is 4. The van der Waals surface area contributed by atoms with Gasteiger partial charge in [0.05, 0.1) is 52.3 Å². The fraction of sp³-hybridized carbons (Fsp3) is 0.114. The summed E-state index contributed by atoms with van der Waals surface area (Å²) in [4.78, 5) is 33.4. The Morgan fingerprint density at radius 1 is 0.925 bits per heavy atom. The van der Waals surface area contributed by atoms with E-state index in [0.717, 1.165) is 12.1 Å². The van der Waals surface area contributed by atoms with Crippen LogP contribution in [0.15, 0.2) is 84.9 Å². The monoisotopic (exact) mass is 752 g/mol. The van der Waals surface area contributed by atoms with Crippen LogP contribution >= 0.6 is 11.6 Å². The number of anilines is 4. The van der Waals surface area contributed by atoms with Crippen LogP contribution in [-0.2, 0) is 6.18 Å². The highest BCUT2D eigenvalue weighted by Gasteiger charge is 2.33. The van der Waals surface area contributed by atoms with E-state index < -0.39 is 22.7 Å². The highest BCUT2D eigenvalue weighted by Crippen LogP contribution is 2.34. The number of benzene rings is 4. The molecule has 0 bridgehead atoms. The van der Waals surface area contributed by atoms with Crippen molar-refractivity contribution in [2.45, 2.75) is 13.1 Å². The van der Waals surface area contributed by atoms with Crippen molar-refractivity contribution in [3.8, 4) is 28.6 Å². The number of phenolic OH excluding ortho intramolecular Hbond substituents is 1. The van der Waals surface area contributed by atoms with Gasteiger partial charge in [0, 0.05) is 11.3 Å². The third-order valence-electron chi connectivity index (χ3n) is 7.34. The van der Waals surface area contributed by atoms with Gasteiger partial charge in [0.2, 0.25) is 0 Å². The number of nitrogens with zero attached hydrogens (tertiary/aromatic N) is 3. The minimum atomic E-state index is -4.59. The zero-order valence-electron chi connectivity index (χ0n) is 28.2. The molecule has 4 aromatic carbocycles. The number of methoxy groups -OCH3 is 2. The number of para-hydroxylation sites is 3. The number of pyridine rings is 1. The van der Waals surface area contributed by atoms with E-state index in [1.54, 1.807) is 61.7 Å². The largest absolute Gasteiger partial charge is 0.506 e. The lowest BCUT2D eigenvalue weighted by Gasteiger charge is -2.11. The predicted molar refractivity (Wildman–Crippen MR) is 196 cm³/mol. The number of nitrogen functional groups attached to an aromatic ring is 3. The van der Waals surface area contributed by atoms with E-state index in [-0.39, 0.29) is 34.1 Å². The van der Waals surface area contributed by atoms with Gasteiger partial charge in [0.15, 0.2) is 5.75 Å². The fourth-order valence-electron chi connectivity index (χ4n) is 4.72. The minimum Gasteiger partial charge on any atom is -0.506 e. The number of nitro benzene ring substituents is 1. The first-order chi connectivity index (χ1) is 25.0. The average Bonchev–Trinajstić information content (AvgIpc) is 3.55. The lowest BCUT2D eigenvalue weighted by Crippen LogP contribution is -2.16. The van der Waals surface area contributed by atoms with E-state index in [1.807, 2.05) is 0 Å². The highest BCUT2D eigenvalue weighted by atomic mass is 35.5. The number of fused-ring (bicyclic) bond motifs is 1. The Morgan fingerprint density at radius 2 is 1.57 bits per heavy atom. The average molecular weight is 753 g/mol. The molecular formula is C35H32ClF3N8O6. The topological polar surface area (TPSA) is 231 Å². The first kappa shape index (κ1) is 39.0. The Bertz CT molecular complexity index is 2280. The molecule has 6 rings (SSSR count). The Labute approximate surface area is 304 Å². The van der Waals surface area contributed by atoms with Crippen LogP contribution in [-0.4, -0.2) is 45.1 Å². The van der Waals surface area contributed by atoms with E-state index in [0.29, 0.717) is 50.3 Å². The standard InChI is InChI=1S/C21H14ClF3N4O2.C7H8N2O3.C7H10N2O/c1-10-12(6-8-17(26-10)21(23,24)25)20(31)27-11-5-7-14(22)13(9-11)19-28-15-3-2-4-16(30)18(15)29-19;1-12-6-4-2-3-5(8)7(6)9(10)11;1-10-6-4-2-3-5(8)7(6)9/h2-9,30H,1H3,(H,27,31)(H,28,29);2-4H,8H2,1H3;2-4H,8-9H2,1H3. The number of alkyl halides is 3. The predicted octanol–water partition coefficient (Wildman–Crippen LogP) is 7.61. The highest BCUT2D eigenvalue weighted by molar-refractivity contribution is 6.33. The smallest absolute Gasteiger partial charge is 0.433 e. The summed E-state index contributed by atoms with van der Waals surface area (Å²) in [7, 11) is 2.92. The molecule has 0 spiro atoms. The summed E-state index contributed by atoms with van der Waals surface area (Å²) in [6.07, 6.45) is -4.59. The number of rotatable bonds is 6. The maximum Gasteiger partial charge on any atom is 0.433 e. The number of hydrogen-bond acceptors (Lipinski definition) is 11. The maximum atomic E-state index is 12.8. The van der Waals surface area contributed by atoms with Crippen LogP contribution < -0.4 is 32.0 Å². The zero-order valence-corrected chi connectivity index (χ0v) is 28.9. The van der Waals surface area contributed by atoms with Gasteiger partial charge in [-0.15, -0.1) is 0 Å². The van der Waals surface area contributed by atoms with Crippen molar-refractivity contribution in [3.05, 3.63) is 117 Å². The van der Waals surface area contributed by atoms with Gasteiger partial charge in [-0.05, 0) is 73.7 Å². The van der Waals surface area contributed by atoms with E-state index >= 15 is 0 Å². The van der Waals surface area contributed by atoms with Crippen LogP contribution in [0.3, 0.4) is 0 Å². The number of hydrogen-bond donors (Lipinski definition) is 6. The van der Waals surface area contributed by atoms with E-state index in [9.17, 15) is 33.2 Å². The molecule has 18 heteroatoms. The van der Waals surface area contributed by atoms with E-state index in [2.05, 4.69) is 20.3 Å². The van der Waals surface area contributed by atoms with Gasteiger partial charge in [-0.3, -0.25) is 14.9 Å². The molecule has 6 aromatic rings. The van der Waals surface area contributed by atoms with Crippen molar-refractivity contribution in [1.82, 2.24) is 15.0 Å². The summed E-state index contributed by atoms with van der Waals surface area (Å²) < 4.78 is 48.1. The van der Waals surface area contributed by atoms with Crippen molar-refractivity contribution < 1.29 is 37.5 Å². The molecule has 0 aliphatic heterocycles. The third kappa shape index (κ3) is 9.33. The van der Waals surface area contributed by atoms with Gasteiger partial charge < -0.3 is 42.1 Å². The fourth-order valence-corrected chi connectivity index (χ4v) is 4.93. The summed E-state index contributed by atoms with van der Waals surface area (Å²) in [6, 6.07) is 21.3. The second-order valence-corrected chi connectivity index (χ2v) is 11.3. The molecule has 0 aliphatic rings. The molecule has 0 atom stereocenters. The Morgan fingerprint density at radius 3 is 2.13 bits per heavy atom. The van der Waals surface area contributed by atoms with Gasteiger partial charge in [-0.25, -0.2) is 9.97 Å². The summed E-state index contributed by atoms with van der Waals surface area (Å²) in [6.45, 7) is 1.33. The Balaban J connectivity index is 0.000000232. The van der Waals surface area contributed by atoms with Gasteiger partial charge in [0.1, 0.15) is 34.2 Å². The number of aromatic amines is 1. The number of aryl methyl sites for hydroxylation is 1. The number of nitro groups is 1. The molecule has 14 nitrogen and oxygen atoms in total. The number of ether oxygens (including phenoxy) is 2. The third-order valence-corrected chi connectivity index (χ3v) is 7.67. The molecule has 2 aromatic heterocycles. The molecule has 276 valence electrons. The Hall–Kier alpha value is -6.75. The number of carbonyl (C=O) groups is 1. The number of amides is 1. The molecule has 9 N–H and O–H groups in total. The van der Waals surface area contributed by atoms with Crippen LogP contribution in [0.25, 0.3) is 22.4 Å². The number of carbonyl (C=O) groups excluding carboxylic acids is 1. The molecule has 1 amide bonds. The van der Waals surface area contributed by atoms with E-state index in [1.165, 1.54) is 32.2 Å². The number of imidazole rings is 1. The van der Waals surface area contributed by atoms with Crippen molar-refractivity contribution in [2.75, 3.05) is 36.7 Å². The molecule has 0 aliphatic carbocycles. The molecular weight excluding hydrogens is 721 g/mol. The van der Waals surface area contributed by atoms with Crippen LogP contribution in [0, 0.1) is 17.0 Å². The molecule has 0 saturated heterocycles. The Kier molecular flexibility index (Phi) is 12.2. The molecule has 2 heterocycles. The van der Waals surface area contributed by atoms with Crippen LogP contribution in [0.4, 0.5) is 41.6 Å². The SMILES string of the molecule is COc1cccc(N)c1N.COc1cccc(N)c1[N+](=O)[O-].Cc1nc(C(F)(F)F)ccc1C(=O)Nc1ccc(Cl)c(-c2nc3c(O)cccc3[nH]2)c1. The van der Waals surface area contributed by atoms with Crippen LogP contribution in [0.5, 0.6) is 17.2 Å². The van der Waals surface area contributed by atoms with Crippen molar-refractivity contribution in [2.24, 2.45) is 0 Å². The molecule has 0 unspecified atom stereocenters. The minimum absolute atomic E-state index is 0.00542. The summed E-state index contributed by atoms with van der Waals surface area (Å²) in [5.74, 6) is 0.574. The van der Waals surface area contributed by atoms with Crippen LogP contribution in [0.2, 0.25) is 5.02 Å². The van der Waals surface area contributed by atoms with E-state index in [4.69, 9.17) is 38.3 Å². The van der Waals surface area contributed by atoms with Gasteiger partial charge >= 0.3 is 11.9 Å². The zero-order chi connectivity index (χ0) is 39.0. The number of aromatic hydroxyl groups is 1. The first-order valence-electron chi connectivity index (χ1n) is 15.1. The number of nitrogens with one attached hydrogen (secondary N) is 2. The second-order valence-electron chi connectivity index (χ2n) is 10.9. The first-order valence-corrected chi connectivity index (χ1v) is 15.5. The van der Waals surface area contributed by atoms with Crippen molar-refractivity contribution >= 4 is 57.0 Å². The van der Waals surface area contributed by atoms with Gasteiger partial charge in [-0.1, -0.05) is 29.8 Å². The summed E-state index contributed by atoms with van der Waals surface area (Å²) >= 11 is 6.29. The maximum absolute atomic E-state index is 12.8. The summed E-state index contributed by atoms with van der Waals surface area (Å²) in [5, 5.41) is 23.4. The van der Waals surface area contributed by atoms with Gasteiger partial charge in [0.25, 0.3) is 5.91 Å². The lowest BCUT2D eigenvalue weighted by molar-refractivity contribution is -0.384. The number of phenols is 1. The molecule has 0 saturated carbocycles. The number of H-pyrrole nitrogens is 1. The molecule has 0 fully saturated rings.